The number of fused-ring (bicyclic) bond motifs is 1. The van der Waals surface area contributed by atoms with Gasteiger partial charge in [0, 0.05) is 17.3 Å². The van der Waals surface area contributed by atoms with Crippen LogP contribution in [0.25, 0.3) is 0 Å². The lowest BCUT2D eigenvalue weighted by Gasteiger charge is -2.19. The summed E-state index contributed by atoms with van der Waals surface area (Å²) in [7, 11) is 0. The van der Waals surface area contributed by atoms with Crippen molar-refractivity contribution in [1.29, 1.82) is 0 Å². The van der Waals surface area contributed by atoms with E-state index >= 15 is 0 Å². The minimum absolute atomic E-state index is 0.390. The van der Waals surface area contributed by atoms with Crippen LogP contribution in [-0.4, -0.2) is 23.5 Å². The van der Waals surface area contributed by atoms with Crippen molar-refractivity contribution in [3.05, 3.63) is 28.8 Å². The van der Waals surface area contributed by atoms with E-state index in [9.17, 15) is 9.59 Å². The number of nitrogens with zero attached hydrogens (tertiary/aromatic N) is 1. The maximum Gasteiger partial charge on any atom is 0.315 e. The summed E-state index contributed by atoms with van der Waals surface area (Å²) >= 11 is 6.03. The third-order valence-corrected chi connectivity index (χ3v) is 3.33. The number of hydrogen-bond acceptors (Lipinski definition) is 2. The second-order valence-electron chi connectivity index (χ2n) is 4.04. The maximum atomic E-state index is 12.0. The molecule has 1 unspecified atom stereocenters. The van der Waals surface area contributed by atoms with Crippen LogP contribution in [0.5, 0.6) is 0 Å². The summed E-state index contributed by atoms with van der Waals surface area (Å²) in [5.41, 5.74) is 1.65. The number of rotatable bonds is 2. The quantitative estimate of drug-likeness (QED) is 0.820. The lowest BCUT2D eigenvalue weighted by atomic mass is 10.1. The molecule has 1 heterocycles. The number of carboxylic acid groups (broad SMARTS) is 1. The molecule has 0 aromatic heterocycles. The molecule has 1 aliphatic heterocycles. The molecule has 0 bridgehead atoms. The molecule has 0 fully saturated rings. The molecule has 0 radical (unpaired) electrons. The van der Waals surface area contributed by atoms with Gasteiger partial charge >= 0.3 is 5.97 Å². The summed E-state index contributed by atoms with van der Waals surface area (Å²) in [4.78, 5) is 24.3. The largest absolute Gasteiger partial charge is 0.481 e. The Kier molecular flexibility index (Phi) is 3.07. The van der Waals surface area contributed by atoms with Crippen LogP contribution in [0.15, 0.2) is 18.2 Å². The SMILES string of the molecule is CC(C(=O)O)C(=O)N1CCc2c(Cl)cccc21. The molecule has 0 aliphatic carbocycles. The number of carbonyl (C=O) groups excluding carboxylic acids is 1. The zero-order valence-electron chi connectivity index (χ0n) is 9.31. The third-order valence-electron chi connectivity index (χ3n) is 2.98. The van der Waals surface area contributed by atoms with Gasteiger partial charge in [-0.1, -0.05) is 17.7 Å². The highest BCUT2D eigenvalue weighted by Crippen LogP contribution is 2.34. The van der Waals surface area contributed by atoms with Crippen molar-refractivity contribution >= 4 is 29.2 Å². The van der Waals surface area contributed by atoms with Crippen LogP contribution in [0.2, 0.25) is 5.02 Å². The van der Waals surface area contributed by atoms with Crippen molar-refractivity contribution in [2.75, 3.05) is 11.4 Å². The van der Waals surface area contributed by atoms with Gasteiger partial charge < -0.3 is 10.0 Å². The van der Waals surface area contributed by atoms with E-state index in [4.69, 9.17) is 16.7 Å². The summed E-state index contributed by atoms with van der Waals surface area (Å²) in [6, 6.07) is 5.33. The Morgan fingerprint density at radius 1 is 1.47 bits per heavy atom. The van der Waals surface area contributed by atoms with Crippen LogP contribution in [0.3, 0.4) is 0 Å². The number of anilines is 1. The van der Waals surface area contributed by atoms with E-state index in [1.807, 2.05) is 0 Å². The van der Waals surface area contributed by atoms with Gasteiger partial charge in [0.15, 0.2) is 0 Å². The van der Waals surface area contributed by atoms with Crippen molar-refractivity contribution in [1.82, 2.24) is 0 Å². The summed E-state index contributed by atoms with van der Waals surface area (Å²) in [6.45, 7) is 1.89. The molecule has 17 heavy (non-hydrogen) atoms. The van der Waals surface area contributed by atoms with Gasteiger partial charge in [-0.3, -0.25) is 9.59 Å². The summed E-state index contributed by atoms with van der Waals surface area (Å²) in [5.74, 6) is -2.52. The first-order chi connectivity index (χ1) is 8.02. The van der Waals surface area contributed by atoms with Crippen LogP contribution >= 0.6 is 11.6 Å². The fourth-order valence-corrected chi connectivity index (χ4v) is 2.22. The van der Waals surface area contributed by atoms with Crippen molar-refractivity contribution in [2.45, 2.75) is 13.3 Å². The maximum absolute atomic E-state index is 12.0. The molecule has 5 heteroatoms. The van der Waals surface area contributed by atoms with Crippen LogP contribution in [0, 0.1) is 5.92 Å². The first-order valence-electron chi connectivity index (χ1n) is 5.34. The summed E-state index contributed by atoms with van der Waals surface area (Å²) < 4.78 is 0. The number of hydrogen-bond donors (Lipinski definition) is 1. The van der Waals surface area contributed by atoms with Crippen molar-refractivity contribution in [3.63, 3.8) is 0 Å². The summed E-state index contributed by atoms with van der Waals surface area (Å²) in [5, 5.41) is 9.47. The van der Waals surface area contributed by atoms with Crippen LogP contribution in [0.1, 0.15) is 12.5 Å². The molecule has 1 amide bonds. The molecule has 1 atom stereocenters. The van der Waals surface area contributed by atoms with E-state index in [0.29, 0.717) is 18.0 Å². The molecule has 1 aromatic carbocycles. The Balaban J connectivity index is 2.31. The van der Waals surface area contributed by atoms with Gasteiger partial charge in [-0.05, 0) is 31.0 Å². The molecule has 1 aliphatic rings. The third kappa shape index (κ3) is 2.00. The molecule has 1 N–H and O–H groups in total. The molecule has 1 aromatic rings. The highest BCUT2D eigenvalue weighted by molar-refractivity contribution is 6.32. The highest BCUT2D eigenvalue weighted by atomic mass is 35.5. The van der Waals surface area contributed by atoms with Gasteiger partial charge in [-0.25, -0.2) is 0 Å². The van der Waals surface area contributed by atoms with Crippen molar-refractivity contribution < 1.29 is 14.7 Å². The number of benzene rings is 1. The Hall–Kier alpha value is -1.55. The number of halogens is 1. The molecule has 90 valence electrons. The van der Waals surface area contributed by atoms with E-state index < -0.39 is 17.8 Å². The minimum atomic E-state index is -1.11. The van der Waals surface area contributed by atoms with Gasteiger partial charge in [0.05, 0.1) is 0 Å². The molecule has 0 saturated carbocycles. The van der Waals surface area contributed by atoms with Gasteiger partial charge in [0.1, 0.15) is 5.92 Å². The van der Waals surface area contributed by atoms with E-state index in [-0.39, 0.29) is 0 Å². The average molecular weight is 254 g/mol. The molecular formula is C12H12ClNO3. The monoisotopic (exact) mass is 253 g/mol. The average Bonchev–Trinajstić information content (AvgIpc) is 2.72. The number of amides is 1. The molecule has 0 saturated heterocycles. The summed E-state index contributed by atoms with van der Waals surface area (Å²) in [6.07, 6.45) is 0.674. The lowest BCUT2D eigenvalue weighted by Crippen LogP contribution is -2.37. The standard InChI is InChI=1S/C12H12ClNO3/c1-7(12(16)17)11(15)14-6-5-8-9(13)3-2-4-10(8)14/h2-4,7H,5-6H2,1H3,(H,16,17). The van der Waals surface area contributed by atoms with Crippen molar-refractivity contribution in [3.8, 4) is 0 Å². The first-order valence-corrected chi connectivity index (χ1v) is 5.71. The van der Waals surface area contributed by atoms with E-state index in [1.165, 1.54) is 11.8 Å². The zero-order chi connectivity index (χ0) is 12.6. The molecular weight excluding hydrogens is 242 g/mol. The first kappa shape index (κ1) is 11.9. The van der Waals surface area contributed by atoms with Crippen LogP contribution in [0.4, 0.5) is 5.69 Å². The van der Waals surface area contributed by atoms with Crippen molar-refractivity contribution in [2.24, 2.45) is 5.92 Å². The Morgan fingerprint density at radius 2 is 2.18 bits per heavy atom. The predicted molar refractivity (Wildman–Crippen MR) is 64.3 cm³/mol. The van der Waals surface area contributed by atoms with Gasteiger partial charge in [0.2, 0.25) is 5.91 Å². The molecule has 0 spiro atoms. The Bertz CT molecular complexity index is 487. The fourth-order valence-electron chi connectivity index (χ4n) is 1.96. The van der Waals surface area contributed by atoms with Gasteiger partial charge in [-0.15, -0.1) is 0 Å². The minimum Gasteiger partial charge on any atom is -0.481 e. The highest BCUT2D eigenvalue weighted by Gasteiger charge is 2.31. The van der Waals surface area contributed by atoms with E-state index in [2.05, 4.69) is 0 Å². The van der Waals surface area contributed by atoms with E-state index in [1.54, 1.807) is 18.2 Å². The van der Waals surface area contributed by atoms with Crippen LogP contribution in [-0.2, 0) is 16.0 Å². The smallest absolute Gasteiger partial charge is 0.315 e. The zero-order valence-corrected chi connectivity index (χ0v) is 10.1. The second kappa shape index (κ2) is 4.37. The van der Waals surface area contributed by atoms with Gasteiger partial charge in [0.25, 0.3) is 0 Å². The van der Waals surface area contributed by atoms with Crippen LogP contribution < -0.4 is 4.90 Å². The predicted octanol–water partition coefficient (Wildman–Crippen LogP) is 1.95. The number of carboxylic acids is 1. The number of carbonyl (C=O) groups is 2. The normalized spacial score (nSPS) is 15.5. The number of aliphatic carboxylic acids is 1. The topological polar surface area (TPSA) is 57.6 Å². The van der Waals surface area contributed by atoms with Gasteiger partial charge in [-0.2, -0.15) is 0 Å². The Labute approximate surface area is 104 Å². The molecule has 4 nitrogen and oxygen atoms in total. The Morgan fingerprint density at radius 3 is 2.82 bits per heavy atom. The van der Waals surface area contributed by atoms with E-state index in [0.717, 1.165) is 11.3 Å². The fraction of sp³-hybridized carbons (Fsp3) is 0.333. The second-order valence-corrected chi connectivity index (χ2v) is 4.44. The molecule has 2 rings (SSSR count). The lowest BCUT2D eigenvalue weighted by molar-refractivity contribution is -0.145.